The second kappa shape index (κ2) is 19.1. The largest absolute Gasteiger partial charge is 0.507 e. The number of aromatic nitrogens is 3. The van der Waals surface area contributed by atoms with E-state index in [4.69, 9.17) is 9.97 Å². The summed E-state index contributed by atoms with van der Waals surface area (Å²) in [5.74, 6) is 0.995. The zero-order chi connectivity index (χ0) is 49.0. The summed E-state index contributed by atoms with van der Waals surface area (Å²) in [6, 6.07) is 60.4. The summed E-state index contributed by atoms with van der Waals surface area (Å²) in [7, 11) is 0. The molecule has 9 rings (SSSR count). The zero-order valence-corrected chi connectivity index (χ0v) is 45.2. The van der Waals surface area contributed by atoms with Crippen molar-refractivity contribution < 1.29 is 26.2 Å². The monoisotopic (exact) mass is 1100 g/mol. The average molecular weight is 1100 g/mol. The quantitative estimate of drug-likeness (QED) is 0.154. The van der Waals surface area contributed by atoms with Crippen molar-refractivity contribution in [3.8, 4) is 72.9 Å². The Labute approximate surface area is 431 Å². The number of benzene rings is 7. The van der Waals surface area contributed by atoms with Gasteiger partial charge in [-0.15, -0.1) is 29.3 Å². The van der Waals surface area contributed by atoms with Crippen LogP contribution >= 0.6 is 0 Å². The van der Waals surface area contributed by atoms with E-state index in [1.54, 1.807) is 0 Å². The zero-order valence-electron chi connectivity index (χ0n) is 42.9. The average Bonchev–Trinajstić information content (AvgIpc) is 3.68. The Morgan fingerprint density at radius 2 is 1.03 bits per heavy atom. The number of phenols is 1. The SMILES string of the molecule is CC(C)(C)c1cc(-c2cc(-c3ccc(-c4ccccc4)cc3)ccn2)[c-]c(-c2cccc3c2nc(-c2cc(C(C)(C)C)cc(C(C)(C)C)c2O)n3Cc2ccc(C(C)(C)C)cc2-c2ccccc2)c1.[Pt]. The Morgan fingerprint density at radius 1 is 0.471 bits per heavy atom. The molecule has 4 nitrogen and oxygen atoms in total. The molecule has 2 heterocycles. The number of rotatable bonds is 8. The fourth-order valence-corrected chi connectivity index (χ4v) is 9.31. The molecule has 0 fully saturated rings. The molecule has 0 atom stereocenters. The van der Waals surface area contributed by atoms with Crippen LogP contribution in [0.5, 0.6) is 5.75 Å². The van der Waals surface area contributed by atoms with Crippen LogP contribution in [-0.4, -0.2) is 19.6 Å². The third-order valence-corrected chi connectivity index (χ3v) is 13.6. The van der Waals surface area contributed by atoms with E-state index < -0.39 is 0 Å². The first-order valence-electron chi connectivity index (χ1n) is 24.4. The molecule has 7 aromatic carbocycles. The van der Waals surface area contributed by atoms with Gasteiger partial charge in [0.05, 0.1) is 23.1 Å². The Balaban J connectivity index is 0.00000659. The van der Waals surface area contributed by atoms with E-state index in [1.807, 2.05) is 12.3 Å². The summed E-state index contributed by atoms with van der Waals surface area (Å²) in [5, 5.41) is 12.5. The van der Waals surface area contributed by atoms with Crippen LogP contribution in [0.2, 0.25) is 0 Å². The molecule has 9 aromatic rings. The van der Waals surface area contributed by atoms with Crippen molar-refractivity contribution in [2.45, 2.75) is 111 Å². The molecule has 0 saturated carbocycles. The van der Waals surface area contributed by atoms with Crippen LogP contribution in [-0.2, 0) is 49.3 Å². The molecule has 0 saturated heterocycles. The minimum absolute atomic E-state index is 0. The maximum Gasteiger partial charge on any atom is 0.144 e. The molecular weight excluding hydrogens is 1030 g/mol. The van der Waals surface area contributed by atoms with Crippen molar-refractivity contribution in [1.29, 1.82) is 0 Å². The second-order valence-corrected chi connectivity index (χ2v) is 22.9. The third-order valence-electron chi connectivity index (χ3n) is 13.6. The molecular formula is C65H66N3OPt-. The van der Waals surface area contributed by atoms with Gasteiger partial charge in [-0.3, -0.25) is 4.98 Å². The molecule has 0 radical (unpaired) electrons. The standard InChI is InChI=1S/C65H66N3O.Pt/c1-62(2,3)50-31-30-47(54(38-50)45-22-17-14-18-23-45)41-68-58-25-19-24-53(59(58)67-61(68)55-39-52(64(7,8)9)40-56(60(55)69)65(10,11)12)48-34-49(36-51(35-48)63(4,5)6)57-37-46(32-33-66-57)44-28-26-43(27-29-44)42-20-15-13-16-21-42;/h13-33,35-40,69H,41H2,1-12H3;/q-1;. The van der Waals surface area contributed by atoms with Crippen LogP contribution in [0.25, 0.3) is 78.2 Å². The van der Waals surface area contributed by atoms with Crippen LogP contribution < -0.4 is 0 Å². The van der Waals surface area contributed by atoms with Crippen molar-refractivity contribution in [1.82, 2.24) is 14.5 Å². The maximum absolute atomic E-state index is 12.5. The summed E-state index contributed by atoms with van der Waals surface area (Å²) < 4.78 is 2.33. The van der Waals surface area contributed by atoms with Crippen LogP contribution in [0.1, 0.15) is 111 Å². The number of para-hydroxylation sites is 1. The van der Waals surface area contributed by atoms with Gasteiger partial charge in [0, 0.05) is 38.5 Å². The summed E-state index contributed by atoms with van der Waals surface area (Å²) in [6.45, 7) is 27.3. The predicted octanol–water partition coefficient (Wildman–Crippen LogP) is 17.2. The minimum atomic E-state index is -0.318. The van der Waals surface area contributed by atoms with Gasteiger partial charge in [-0.1, -0.05) is 222 Å². The molecule has 0 unspecified atom stereocenters. The van der Waals surface area contributed by atoms with Gasteiger partial charge in [0.1, 0.15) is 11.6 Å². The van der Waals surface area contributed by atoms with Crippen molar-refractivity contribution in [3.05, 3.63) is 198 Å². The first-order valence-corrected chi connectivity index (χ1v) is 24.4. The Kier molecular flexibility index (Phi) is 13.7. The Hall–Kier alpha value is -6.35. The van der Waals surface area contributed by atoms with Gasteiger partial charge in [-0.05, 0) is 89.9 Å². The fourth-order valence-electron chi connectivity index (χ4n) is 9.31. The first kappa shape index (κ1) is 50.0. The van der Waals surface area contributed by atoms with E-state index >= 15 is 0 Å². The third kappa shape index (κ3) is 10.3. The van der Waals surface area contributed by atoms with E-state index in [2.05, 4.69) is 245 Å². The Morgan fingerprint density at radius 3 is 1.64 bits per heavy atom. The molecule has 1 N–H and O–H groups in total. The van der Waals surface area contributed by atoms with Crippen molar-refractivity contribution in [3.63, 3.8) is 0 Å². The number of hydrogen-bond donors (Lipinski definition) is 1. The molecule has 0 aliphatic rings. The molecule has 5 heteroatoms. The number of hydrogen-bond acceptors (Lipinski definition) is 3. The van der Waals surface area contributed by atoms with Crippen molar-refractivity contribution >= 4 is 11.0 Å². The topological polar surface area (TPSA) is 50.9 Å². The minimum Gasteiger partial charge on any atom is -0.507 e. The van der Waals surface area contributed by atoms with Crippen molar-refractivity contribution in [2.24, 2.45) is 0 Å². The number of nitrogens with zero attached hydrogens (tertiary/aromatic N) is 3. The summed E-state index contributed by atoms with van der Waals surface area (Å²) in [5.41, 5.74) is 18.2. The number of fused-ring (bicyclic) bond motifs is 1. The van der Waals surface area contributed by atoms with Gasteiger partial charge in [-0.2, -0.15) is 0 Å². The van der Waals surface area contributed by atoms with Gasteiger partial charge >= 0.3 is 0 Å². The number of aromatic hydroxyl groups is 1. The molecule has 0 aliphatic carbocycles. The van der Waals surface area contributed by atoms with Crippen molar-refractivity contribution in [2.75, 3.05) is 0 Å². The van der Waals surface area contributed by atoms with E-state index in [-0.39, 0.29) is 48.5 Å². The summed E-state index contributed by atoms with van der Waals surface area (Å²) in [4.78, 5) is 10.6. The fraction of sp³-hybridized carbons (Fsp3) is 0.262. The van der Waals surface area contributed by atoms with E-state index in [0.717, 1.165) is 67.1 Å². The maximum atomic E-state index is 12.5. The number of pyridine rings is 1. The van der Waals surface area contributed by atoms with E-state index in [9.17, 15) is 5.11 Å². The van der Waals surface area contributed by atoms with Crippen LogP contribution in [0.15, 0.2) is 164 Å². The van der Waals surface area contributed by atoms with Gasteiger partial charge in [-0.25, -0.2) is 4.98 Å². The molecule has 0 amide bonds. The number of phenolic OH excluding ortho intramolecular Hbond substituents is 1. The molecule has 70 heavy (non-hydrogen) atoms. The smallest absolute Gasteiger partial charge is 0.144 e. The van der Waals surface area contributed by atoms with Gasteiger partial charge in [0.15, 0.2) is 0 Å². The molecule has 2 aromatic heterocycles. The van der Waals surface area contributed by atoms with Gasteiger partial charge < -0.3 is 9.67 Å². The molecule has 0 bridgehead atoms. The van der Waals surface area contributed by atoms with Gasteiger partial charge in [0.25, 0.3) is 0 Å². The van der Waals surface area contributed by atoms with Crippen LogP contribution in [0.3, 0.4) is 0 Å². The predicted molar refractivity (Wildman–Crippen MR) is 291 cm³/mol. The molecule has 358 valence electrons. The number of imidazole rings is 1. The normalized spacial score (nSPS) is 12.3. The molecule has 0 aliphatic heterocycles. The summed E-state index contributed by atoms with van der Waals surface area (Å²) >= 11 is 0. The van der Waals surface area contributed by atoms with Crippen LogP contribution in [0, 0.1) is 6.07 Å². The van der Waals surface area contributed by atoms with Crippen LogP contribution in [0.4, 0.5) is 0 Å². The Bertz CT molecular complexity index is 3320. The second-order valence-electron chi connectivity index (χ2n) is 22.9. The van der Waals surface area contributed by atoms with Gasteiger partial charge in [0.2, 0.25) is 0 Å². The first-order chi connectivity index (χ1) is 32.6. The van der Waals surface area contributed by atoms with E-state index in [1.165, 1.54) is 38.9 Å². The summed E-state index contributed by atoms with van der Waals surface area (Å²) in [6.07, 6.45) is 1.91. The molecule has 0 spiro atoms. The van der Waals surface area contributed by atoms with E-state index in [0.29, 0.717) is 6.54 Å².